The lowest BCUT2D eigenvalue weighted by Crippen LogP contribution is -2.38. The molecule has 3 aliphatic heterocycles. The zero-order valence-corrected chi connectivity index (χ0v) is 15.5. The molecule has 5 heterocycles. The molecular formula is C18H25N7O2. The standard InChI is InChI=1S/C18H25N7O2/c1-2-4-23(3-1)16-14-13-19-17(24-5-9-26-10-6-24)20-15(14)21-18(22-16)25-7-11-27-12-8-25/h13H,1-12H2. The van der Waals surface area contributed by atoms with Crippen LogP contribution in [0, 0.1) is 0 Å². The number of anilines is 3. The third kappa shape index (κ3) is 3.37. The number of hydrogen-bond acceptors (Lipinski definition) is 9. The first-order valence-corrected chi connectivity index (χ1v) is 9.84. The summed E-state index contributed by atoms with van der Waals surface area (Å²) in [6.45, 7) is 8.15. The van der Waals surface area contributed by atoms with Crippen LogP contribution in [-0.4, -0.2) is 85.6 Å². The molecule has 3 aliphatic rings. The highest BCUT2D eigenvalue weighted by atomic mass is 16.5. The van der Waals surface area contributed by atoms with E-state index in [9.17, 15) is 0 Å². The Hall–Kier alpha value is -2.26. The molecule has 3 fully saturated rings. The zero-order chi connectivity index (χ0) is 18.1. The van der Waals surface area contributed by atoms with E-state index >= 15 is 0 Å². The van der Waals surface area contributed by atoms with E-state index < -0.39 is 0 Å². The van der Waals surface area contributed by atoms with Crippen LogP contribution in [-0.2, 0) is 9.47 Å². The molecule has 0 bridgehead atoms. The Morgan fingerprint density at radius 1 is 0.667 bits per heavy atom. The zero-order valence-electron chi connectivity index (χ0n) is 15.5. The van der Waals surface area contributed by atoms with Gasteiger partial charge in [-0.15, -0.1) is 0 Å². The van der Waals surface area contributed by atoms with E-state index in [-0.39, 0.29) is 0 Å². The maximum atomic E-state index is 5.49. The minimum atomic E-state index is 0.712. The maximum absolute atomic E-state index is 5.49. The van der Waals surface area contributed by atoms with Gasteiger partial charge in [0.05, 0.1) is 31.8 Å². The molecule has 0 unspecified atom stereocenters. The van der Waals surface area contributed by atoms with Crippen molar-refractivity contribution in [2.75, 3.05) is 80.4 Å². The largest absolute Gasteiger partial charge is 0.378 e. The number of hydrogen-bond donors (Lipinski definition) is 0. The number of fused-ring (bicyclic) bond motifs is 1. The van der Waals surface area contributed by atoms with E-state index in [1.165, 1.54) is 12.8 Å². The summed E-state index contributed by atoms with van der Waals surface area (Å²) in [5.74, 6) is 2.44. The first-order chi connectivity index (χ1) is 13.4. The summed E-state index contributed by atoms with van der Waals surface area (Å²) >= 11 is 0. The highest BCUT2D eigenvalue weighted by molar-refractivity contribution is 5.88. The van der Waals surface area contributed by atoms with E-state index in [0.29, 0.717) is 26.4 Å². The number of morpholine rings is 2. The van der Waals surface area contributed by atoms with Crippen LogP contribution in [0.3, 0.4) is 0 Å². The molecule has 0 N–H and O–H groups in total. The molecule has 2 aromatic heterocycles. The molecule has 2 aromatic rings. The Balaban J connectivity index is 1.57. The third-order valence-electron chi connectivity index (χ3n) is 5.40. The molecular weight excluding hydrogens is 346 g/mol. The lowest BCUT2D eigenvalue weighted by atomic mass is 10.3. The Bertz CT molecular complexity index is 794. The summed E-state index contributed by atoms with van der Waals surface area (Å²) in [5, 5.41) is 0.936. The van der Waals surface area contributed by atoms with Crippen molar-refractivity contribution in [1.29, 1.82) is 0 Å². The molecule has 9 nitrogen and oxygen atoms in total. The second-order valence-electron chi connectivity index (χ2n) is 7.15. The van der Waals surface area contributed by atoms with Crippen molar-refractivity contribution in [3.05, 3.63) is 6.20 Å². The van der Waals surface area contributed by atoms with Gasteiger partial charge in [0, 0.05) is 45.5 Å². The summed E-state index contributed by atoms with van der Waals surface area (Å²) in [4.78, 5) is 25.9. The average Bonchev–Trinajstić information content (AvgIpc) is 3.28. The second kappa shape index (κ2) is 7.40. The van der Waals surface area contributed by atoms with Crippen molar-refractivity contribution in [3.8, 4) is 0 Å². The summed E-state index contributed by atoms with van der Waals surface area (Å²) < 4.78 is 10.9. The van der Waals surface area contributed by atoms with E-state index in [4.69, 9.17) is 24.4 Å². The Morgan fingerprint density at radius 2 is 1.26 bits per heavy atom. The van der Waals surface area contributed by atoms with E-state index in [0.717, 1.165) is 68.0 Å². The molecule has 0 radical (unpaired) electrons. The Morgan fingerprint density at radius 3 is 1.93 bits per heavy atom. The smallest absolute Gasteiger partial charge is 0.229 e. The third-order valence-corrected chi connectivity index (χ3v) is 5.40. The van der Waals surface area contributed by atoms with Gasteiger partial charge in [0.15, 0.2) is 5.65 Å². The predicted octanol–water partition coefficient (Wildman–Crippen LogP) is 0.693. The van der Waals surface area contributed by atoms with Gasteiger partial charge in [-0.05, 0) is 12.8 Å². The van der Waals surface area contributed by atoms with Crippen molar-refractivity contribution in [2.45, 2.75) is 12.8 Å². The van der Waals surface area contributed by atoms with Crippen LogP contribution in [0.4, 0.5) is 17.7 Å². The van der Waals surface area contributed by atoms with Crippen molar-refractivity contribution in [2.24, 2.45) is 0 Å². The molecule has 0 amide bonds. The fourth-order valence-electron chi connectivity index (χ4n) is 3.87. The summed E-state index contributed by atoms with van der Waals surface area (Å²) in [7, 11) is 0. The predicted molar refractivity (Wildman–Crippen MR) is 103 cm³/mol. The molecule has 9 heteroatoms. The quantitative estimate of drug-likeness (QED) is 0.774. The summed E-state index contributed by atoms with van der Waals surface area (Å²) in [5.41, 5.74) is 0.727. The minimum Gasteiger partial charge on any atom is -0.378 e. The average molecular weight is 371 g/mol. The van der Waals surface area contributed by atoms with Crippen molar-refractivity contribution < 1.29 is 9.47 Å². The van der Waals surface area contributed by atoms with Crippen molar-refractivity contribution in [3.63, 3.8) is 0 Å². The molecule has 3 saturated heterocycles. The summed E-state index contributed by atoms with van der Waals surface area (Å²) in [6, 6.07) is 0. The first-order valence-electron chi connectivity index (χ1n) is 9.84. The lowest BCUT2D eigenvalue weighted by Gasteiger charge is -2.29. The molecule has 0 saturated carbocycles. The van der Waals surface area contributed by atoms with Crippen LogP contribution >= 0.6 is 0 Å². The number of nitrogens with zero attached hydrogens (tertiary/aromatic N) is 7. The van der Waals surface area contributed by atoms with Gasteiger partial charge < -0.3 is 24.2 Å². The molecule has 0 aromatic carbocycles. The fourth-order valence-corrected chi connectivity index (χ4v) is 3.87. The van der Waals surface area contributed by atoms with Gasteiger partial charge in [-0.1, -0.05) is 0 Å². The highest BCUT2D eigenvalue weighted by Crippen LogP contribution is 2.29. The van der Waals surface area contributed by atoms with Crippen LogP contribution in [0.15, 0.2) is 6.20 Å². The molecule has 0 spiro atoms. The van der Waals surface area contributed by atoms with E-state index in [1.807, 2.05) is 6.20 Å². The van der Waals surface area contributed by atoms with Gasteiger partial charge in [0.2, 0.25) is 11.9 Å². The fraction of sp³-hybridized carbons (Fsp3) is 0.667. The number of aromatic nitrogens is 4. The normalized spacial score (nSPS) is 21.3. The molecule has 144 valence electrons. The Labute approximate surface area is 158 Å². The molecule has 0 aliphatic carbocycles. The summed E-state index contributed by atoms with van der Waals surface area (Å²) in [6.07, 6.45) is 4.29. The second-order valence-corrected chi connectivity index (χ2v) is 7.15. The number of rotatable bonds is 3. The van der Waals surface area contributed by atoms with Gasteiger partial charge in [0.1, 0.15) is 5.82 Å². The maximum Gasteiger partial charge on any atom is 0.229 e. The number of ether oxygens (including phenoxy) is 2. The minimum absolute atomic E-state index is 0.712. The van der Waals surface area contributed by atoms with Crippen molar-refractivity contribution in [1.82, 2.24) is 19.9 Å². The van der Waals surface area contributed by atoms with E-state index in [2.05, 4.69) is 19.7 Å². The van der Waals surface area contributed by atoms with Crippen molar-refractivity contribution >= 4 is 28.7 Å². The highest BCUT2D eigenvalue weighted by Gasteiger charge is 2.23. The molecule has 5 rings (SSSR count). The monoisotopic (exact) mass is 371 g/mol. The van der Waals surface area contributed by atoms with Gasteiger partial charge >= 0.3 is 0 Å². The molecule has 0 atom stereocenters. The van der Waals surface area contributed by atoms with Crippen LogP contribution in [0.5, 0.6) is 0 Å². The van der Waals surface area contributed by atoms with Gasteiger partial charge in [-0.25, -0.2) is 4.98 Å². The van der Waals surface area contributed by atoms with Crippen LogP contribution in [0.25, 0.3) is 11.0 Å². The first kappa shape index (κ1) is 16.9. The molecule has 27 heavy (non-hydrogen) atoms. The van der Waals surface area contributed by atoms with Gasteiger partial charge in [-0.3, -0.25) is 0 Å². The van der Waals surface area contributed by atoms with Crippen LogP contribution in [0.2, 0.25) is 0 Å². The topological polar surface area (TPSA) is 79.7 Å². The van der Waals surface area contributed by atoms with Gasteiger partial charge in [0.25, 0.3) is 0 Å². The van der Waals surface area contributed by atoms with Gasteiger partial charge in [-0.2, -0.15) is 15.0 Å². The lowest BCUT2D eigenvalue weighted by molar-refractivity contribution is 0.122. The van der Waals surface area contributed by atoms with Crippen LogP contribution in [0.1, 0.15) is 12.8 Å². The van der Waals surface area contributed by atoms with E-state index in [1.54, 1.807) is 0 Å². The van der Waals surface area contributed by atoms with Crippen LogP contribution < -0.4 is 14.7 Å². The SMILES string of the molecule is c1nc(N2CCOCC2)nc2nc(N3CCOCC3)nc(N3CCCC3)c12. The Kier molecular flexibility index (Phi) is 4.62.